The van der Waals surface area contributed by atoms with Gasteiger partial charge in [-0.1, -0.05) is 29.8 Å². The van der Waals surface area contributed by atoms with Crippen LogP contribution in [0.4, 0.5) is 4.79 Å². The van der Waals surface area contributed by atoms with E-state index in [0.29, 0.717) is 12.5 Å². The van der Waals surface area contributed by atoms with Crippen molar-refractivity contribution >= 4 is 17.6 Å². The Balaban J connectivity index is 1.53. The van der Waals surface area contributed by atoms with Crippen molar-refractivity contribution in [2.24, 2.45) is 5.92 Å². The fourth-order valence-electron chi connectivity index (χ4n) is 3.53. The van der Waals surface area contributed by atoms with Gasteiger partial charge < -0.3 is 15.3 Å². The van der Waals surface area contributed by atoms with Crippen molar-refractivity contribution in [3.63, 3.8) is 0 Å². The summed E-state index contributed by atoms with van der Waals surface area (Å²) >= 11 is 6.31. The van der Waals surface area contributed by atoms with Gasteiger partial charge in [-0.25, -0.2) is 4.79 Å². The summed E-state index contributed by atoms with van der Waals surface area (Å²) in [5.74, 6) is 0.317. The van der Waals surface area contributed by atoms with E-state index in [4.69, 9.17) is 11.6 Å². The fraction of sp³-hybridized carbons (Fsp3) is 0.611. The van der Waals surface area contributed by atoms with Crippen LogP contribution in [0, 0.1) is 5.92 Å². The predicted molar refractivity (Wildman–Crippen MR) is 91.7 cm³/mol. The Morgan fingerprint density at radius 1 is 1.39 bits per heavy atom. The van der Waals surface area contributed by atoms with E-state index in [2.05, 4.69) is 11.4 Å². The molecule has 2 fully saturated rings. The summed E-state index contributed by atoms with van der Waals surface area (Å²) in [6.07, 6.45) is 3.61. The van der Waals surface area contributed by atoms with E-state index >= 15 is 0 Å². The molecule has 23 heavy (non-hydrogen) atoms. The van der Waals surface area contributed by atoms with Crippen molar-refractivity contribution in [3.05, 3.63) is 34.9 Å². The molecule has 2 N–H and O–H groups in total. The van der Waals surface area contributed by atoms with Crippen LogP contribution in [0.1, 0.15) is 38.2 Å². The van der Waals surface area contributed by atoms with Gasteiger partial charge in [-0.15, -0.1) is 0 Å². The number of nitrogens with one attached hydrogen (secondary N) is 1. The Hall–Kier alpha value is -1.26. The molecule has 0 radical (unpaired) electrons. The average molecular weight is 337 g/mol. The minimum atomic E-state index is -0.282. The molecular formula is C18H25ClN2O2. The summed E-state index contributed by atoms with van der Waals surface area (Å²) in [5, 5.41) is 13.5. The number of carbonyl (C=O) groups is 1. The molecule has 1 aliphatic carbocycles. The molecule has 1 aromatic rings. The normalized spacial score (nSPS) is 21.8. The maximum absolute atomic E-state index is 12.4. The van der Waals surface area contributed by atoms with Gasteiger partial charge in [-0.2, -0.15) is 0 Å². The van der Waals surface area contributed by atoms with E-state index in [9.17, 15) is 9.90 Å². The molecule has 0 spiro atoms. The molecule has 1 saturated carbocycles. The lowest BCUT2D eigenvalue weighted by atomic mass is 9.92. The van der Waals surface area contributed by atoms with Gasteiger partial charge in [0.15, 0.2) is 0 Å². The number of benzene rings is 1. The Bertz CT molecular complexity index is 564. The molecule has 1 aromatic carbocycles. The highest BCUT2D eigenvalue weighted by molar-refractivity contribution is 6.31. The molecule has 3 rings (SSSR count). The topological polar surface area (TPSA) is 52.6 Å². The van der Waals surface area contributed by atoms with E-state index in [0.717, 1.165) is 49.4 Å². The summed E-state index contributed by atoms with van der Waals surface area (Å²) in [7, 11) is 0. The van der Waals surface area contributed by atoms with E-state index in [1.165, 1.54) is 0 Å². The lowest BCUT2D eigenvalue weighted by molar-refractivity contribution is 0.0797. The van der Waals surface area contributed by atoms with Crippen molar-refractivity contribution in [1.82, 2.24) is 10.2 Å². The molecule has 1 saturated heterocycles. The second kappa shape index (κ2) is 6.70. The van der Waals surface area contributed by atoms with E-state index in [-0.39, 0.29) is 17.6 Å². The van der Waals surface area contributed by atoms with E-state index in [1.54, 1.807) is 0 Å². The number of rotatable bonds is 4. The molecule has 5 heteroatoms. The minimum absolute atomic E-state index is 0.00683. The van der Waals surface area contributed by atoms with Gasteiger partial charge in [0, 0.05) is 30.1 Å². The molecule has 0 aromatic heterocycles. The zero-order chi connectivity index (χ0) is 16.4. The van der Waals surface area contributed by atoms with Gasteiger partial charge in [0.2, 0.25) is 0 Å². The predicted octanol–water partition coefficient (Wildman–Crippen LogP) is 3.17. The molecule has 0 bridgehead atoms. The van der Waals surface area contributed by atoms with Crippen LogP contribution in [0.2, 0.25) is 5.02 Å². The molecule has 1 heterocycles. The van der Waals surface area contributed by atoms with Crippen LogP contribution in [0.15, 0.2) is 24.3 Å². The van der Waals surface area contributed by atoms with Crippen LogP contribution in [0.25, 0.3) is 0 Å². The highest BCUT2D eigenvalue weighted by atomic mass is 35.5. The Kier molecular flexibility index (Phi) is 4.83. The van der Waals surface area contributed by atoms with Crippen molar-refractivity contribution in [3.8, 4) is 0 Å². The third-order valence-electron chi connectivity index (χ3n) is 5.39. The zero-order valence-corrected chi connectivity index (χ0v) is 14.4. The molecule has 126 valence electrons. The molecule has 4 nitrogen and oxygen atoms in total. The average Bonchev–Trinajstić information content (AvgIpc) is 3.34. The first-order valence-electron chi connectivity index (χ1n) is 8.48. The molecule has 1 aliphatic heterocycles. The number of nitrogens with zero attached hydrogens (tertiary/aromatic N) is 1. The van der Waals surface area contributed by atoms with Gasteiger partial charge in [-0.3, -0.25) is 0 Å². The monoisotopic (exact) mass is 336 g/mol. The quantitative estimate of drug-likeness (QED) is 0.887. The number of hydrogen-bond acceptors (Lipinski definition) is 2. The van der Waals surface area contributed by atoms with Gasteiger partial charge in [0.1, 0.15) is 0 Å². The number of aliphatic hydroxyl groups excluding tert-OH is 1. The number of hydrogen-bond donors (Lipinski definition) is 2. The Morgan fingerprint density at radius 2 is 2.04 bits per heavy atom. The highest BCUT2D eigenvalue weighted by Gasteiger charge is 2.45. The Morgan fingerprint density at radius 3 is 2.61 bits per heavy atom. The molecular weight excluding hydrogens is 312 g/mol. The first-order valence-corrected chi connectivity index (χ1v) is 8.85. The largest absolute Gasteiger partial charge is 0.393 e. The zero-order valence-electron chi connectivity index (χ0n) is 13.6. The van der Waals surface area contributed by atoms with Crippen LogP contribution in [0.5, 0.6) is 0 Å². The number of piperidine rings is 1. The van der Waals surface area contributed by atoms with E-state index in [1.807, 2.05) is 30.0 Å². The first-order chi connectivity index (χ1) is 11.0. The first kappa shape index (κ1) is 16.6. The third-order valence-corrected chi connectivity index (χ3v) is 5.72. The second-order valence-corrected chi connectivity index (χ2v) is 7.39. The maximum Gasteiger partial charge on any atom is 0.317 e. The molecule has 1 atom stereocenters. The van der Waals surface area contributed by atoms with E-state index < -0.39 is 0 Å². The van der Waals surface area contributed by atoms with Crippen molar-refractivity contribution in [1.29, 1.82) is 0 Å². The number of urea groups is 1. The van der Waals surface area contributed by atoms with Gasteiger partial charge in [0.25, 0.3) is 0 Å². The minimum Gasteiger partial charge on any atom is -0.393 e. The summed E-state index contributed by atoms with van der Waals surface area (Å²) in [4.78, 5) is 14.2. The summed E-state index contributed by atoms with van der Waals surface area (Å²) in [6.45, 7) is 3.92. The Labute approximate surface area is 142 Å². The molecule has 2 amide bonds. The maximum atomic E-state index is 12.4. The van der Waals surface area contributed by atoms with Crippen LogP contribution in [-0.2, 0) is 5.41 Å². The highest BCUT2D eigenvalue weighted by Crippen LogP contribution is 2.49. The smallest absolute Gasteiger partial charge is 0.317 e. The second-order valence-electron chi connectivity index (χ2n) is 6.98. The van der Waals surface area contributed by atoms with Crippen molar-refractivity contribution < 1.29 is 9.90 Å². The van der Waals surface area contributed by atoms with Gasteiger partial charge in [0.05, 0.1) is 6.10 Å². The van der Waals surface area contributed by atoms with Crippen LogP contribution < -0.4 is 5.32 Å². The SMILES string of the molecule is CC(O)C1CCN(C(=O)NCC2(c3ccccc3Cl)CC2)CC1. The van der Waals surface area contributed by atoms with Gasteiger partial charge >= 0.3 is 6.03 Å². The van der Waals surface area contributed by atoms with Crippen molar-refractivity contribution in [2.45, 2.75) is 44.1 Å². The third kappa shape index (κ3) is 3.64. The summed E-state index contributed by atoms with van der Waals surface area (Å²) < 4.78 is 0. The summed E-state index contributed by atoms with van der Waals surface area (Å²) in [5.41, 5.74) is 1.17. The summed E-state index contributed by atoms with van der Waals surface area (Å²) in [6, 6.07) is 7.93. The fourth-order valence-corrected chi connectivity index (χ4v) is 3.86. The van der Waals surface area contributed by atoms with Crippen molar-refractivity contribution in [2.75, 3.05) is 19.6 Å². The number of aliphatic hydroxyl groups is 1. The number of carbonyl (C=O) groups excluding carboxylic acids is 1. The van der Waals surface area contributed by atoms with Crippen LogP contribution in [0.3, 0.4) is 0 Å². The molecule has 2 aliphatic rings. The lowest BCUT2D eigenvalue weighted by Gasteiger charge is -2.33. The van der Waals surface area contributed by atoms with Crippen LogP contribution in [-0.4, -0.2) is 41.8 Å². The van der Waals surface area contributed by atoms with Gasteiger partial charge in [-0.05, 0) is 50.2 Å². The number of likely N-dealkylation sites (tertiary alicyclic amines) is 1. The van der Waals surface area contributed by atoms with Crippen LogP contribution >= 0.6 is 11.6 Å². The standard InChI is InChI=1S/C18H25ClN2O2/c1-13(22)14-6-10-21(11-7-14)17(23)20-12-18(8-9-18)15-4-2-3-5-16(15)19/h2-5,13-14,22H,6-12H2,1H3,(H,20,23). The number of amides is 2. The number of halogens is 1. The lowest BCUT2D eigenvalue weighted by Crippen LogP contribution is -2.47. The molecule has 1 unspecified atom stereocenters.